The van der Waals surface area contributed by atoms with Crippen molar-refractivity contribution in [3.05, 3.63) is 31.8 Å². The fourth-order valence-electron chi connectivity index (χ4n) is 0.646. The van der Waals surface area contributed by atoms with Gasteiger partial charge in [0.1, 0.15) is 0 Å². The highest BCUT2D eigenvalue weighted by atomic mass is 127. The molecule has 0 N–H and O–H groups in total. The first-order valence-corrected chi connectivity index (χ1v) is 5.14. The molecule has 0 aliphatic carbocycles. The predicted octanol–water partition coefficient (Wildman–Crippen LogP) is 3.79. The molecular weight excluding hydrogens is 326 g/mol. The highest BCUT2D eigenvalue weighted by Gasteiger charge is 1.96. The van der Waals surface area contributed by atoms with E-state index in [2.05, 4.69) is 38.5 Å². The van der Waals surface area contributed by atoms with Gasteiger partial charge in [-0.05, 0) is 46.4 Å². The van der Waals surface area contributed by atoms with Gasteiger partial charge in [-0.3, -0.25) is 0 Å². The van der Waals surface area contributed by atoms with E-state index >= 15 is 0 Å². The van der Waals surface area contributed by atoms with Crippen LogP contribution in [-0.2, 0) is 5.88 Å². The minimum absolute atomic E-state index is 0.581. The van der Waals surface area contributed by atoms with Crippen LogP contribution in [0.25, 0.3) is 0 Å². The number of hydrogen-bond donors (Lipinski definition) is 0. The smallest absolute Gasteiger partial charge is 0.0484 e. The van der Waals surface area contributed by atoms with Crippen LogP contribution >= 0.6 is 50.1 Å². The molecule has 1 aromatic carbocycles. The molecule has 0 amide bonds. The van der Waals surface area contributed by atoms with Crippen LogP contribution in [0.2, 0.25) is 0 Å². The van der Waals surface area contributed by atoms with E-state index in [4.69, 9.17) is 11.6 Å². The lowest BCUT2D eigenvalue weighted by Gasteiger charge is -1.98. The maximum atomic E-state index is 5.68. The van der Waals surface area contributed by atoms with E-state index in [1.807, 2.05) is 18.2 Å². The van der Waals surface area contributed by atoms with Crippen LogP contribution in [0.4, 0.5) is 0 Å². The summed E-state index contributed by atoms with van der Waals surface area (Å²) in [5.41, 5.74) is 1.18. The van der Waals surface area contributed by atoms with Crippen molar-refractivity contribution in [1.82, 2.24) is 0 Å². The SMILES string of the molecule is ClCc1cc(Br)ccc1I. The van der Waals surface area contributed by atoms with Crippen molar-refractivity contribution in [3.63, 3.8) is 0 Å². The van der Waals surface area contributed by atoms with Crippen molar-refractivity contribution in [2.24, 2.45) is 0 Å². The van der Waals surface area contributed by atoms with E-state index in [0.29, 0.717) is 5.88 Å². The monoisotopic (exact) mass is 330 g/mol. The summed E-state index contributed by atoms with van der Waals surface area (Å²) in [6.45, 7) is 0. The third-order valence-corrected chi connectivity index (χ3v) is 2.99. The zero-order valence-corrected chi connectivity index (χ0v) is 9.57. The Hall–Kier alpha value is 0.720. The topological polar surface area (TPSA) is 0 Å². The van der Waals surface area contributed by atoms with Gasteiger partial charge in [-0.2, -0.15) is 0 Å². The minimum atomic E-state index is 0.581. The van der Waals surface area contributed by atoms with E-state index in [9.17, 15) is 0 Å². The van der Waals surface area contributed by atoms with Crippen LogP contribution in [0.15, 0.2) is 22.7 Å². The fourth-order valence-corrected chi connectivity index (χ4v) is 2.03. The quantitative estimate of drug-likeness (QED) is 0.542. The van der Waals surface area contributed by atoms with Crippen LogP contribution in [-0.4, -0.2) is 0 Å². The Morgan fingerprint density at radius 3 is 2.70 bits per heavy atom. The molecule has 0 heterocycles. The predicted molar refractivity (Wildman–Crippen MR) is 56.4 cm³/mol. The van der Waals surface area contributed by atoms with Gasteiger partial charge in [0.05, 0.1) is 0 Å². The molecule has 0 radical (unpaired) electrons. The summed E-state index contributed by atoms with van der Waals surface area (Å²) in [7, 11) is 0. The Labute approximate surface area is 87.2 Å². The number of alkyl halides is 1. The number of benzene rings is 1. The van der Waals surface area contributed by atoms with Gasteiger partial charge in [-0.1, -0.05) is 15.9 Å². The number of halogens is 3. The minimum Gasteiger partial charge on any atom is -0.122 e. The van der Waals surface area contributed by atoms with Crippen LogP contribution < -0.4 is 0 Å². The summed E-state index contributed by atoms with van der Waals surface area (Å²) in [5, 5.41) is 0. The van der Waals surface area contributed by atoms with E-state index in [1.54, 1.807) is 0 Å². The molecule has 0 atom stereocenters. The molecule has 0 bridgehead atoms. The molecule has 0 saturated carbocycles. The Balaban J connectivity index is 3.09. The normalized spacial score (nSPS) is 9.90. The lowest BCUT2D eigenvalue weighted by atomic mass is 10.2. The molecule has 0 unspecified atom stereocenters. The summed E-state index contributed by atoms with van der Waals surface area (Å²) in [6, 6.07) is 6.09. The van der Waals surface area contributed by atoms with Gasteiger partial charge in [0.2, 0.25) is 0 Å². The van der Waals surface area contributed by atoms with Gasteiger partial charge in [-0.25, -0.2) is 0 Å². The molecule has 0 saturated heterocycles. The summed E-state index contributed by atoms with van der Waals surface area (Å²) < 4.78 is 2.30. The Kier molecular flexibility index (Phi) is 3.46. The Morgan fingerprint density at radius 2 is 2.20 bits per heavy atom. The second kappa shape index (κ2) is 3.93. The average Bonchev–Trinajstić information content (AvgIpc) is 1.94. The third-order valence-electron chi connectivity index (χ3n) is 1.15. The van der Waals surface area contributed by atoms with Crippen LogP contribution in [0.5, 0.6) is 0 Å². The molecular formula is C7H5BrClI. The lowest BCUT2D eigenvalue weighted by molar-refractivity contribution is 1.35. The van der Waals surface area contributed by atoms with Gasteiger partial charge in [0.25, 0.3) is 0 Å². The van der Waals surface area contributed by atoms with Crippen molar-refractivity contribution in [1.29, 1.82) is 0 Å². The van der Waals surface area contributed by atoms with Gasteiger partial charge < -0.3 is 0 Å². The molecule has 10 heavy (non-hydrogen) atoms. The number of hydrogen-bond acceptors (Lipinski definition) is 0. The molecule has 0 spiro atoms. The zero-order chi connectivity index (χ0) is 7.56. The highest BCUT2D eigenvalue weighted by Crippen LogP contribution is 2.19. The summed E-state index contributed by atoms with van der Waals surface area (Å²) in [4.78, 5) is 0. The van der Waals surface area contributed by atoms with Crippen molar-refractivity contribution in [2.45, 2.75) is 5.88 Å². The Bertz CT molecular complexity index is 237. The van der Waals surface area contributed by atoms with Crippen molar-refractivity contribution >= 4 is 50.1 Å². The molecule has 0 aromatic heterocycles. The molecule has 3 heteroatoms. The van der Waals surface area contributed by atoms with Gasteiger partial charge in [-0.15, -0.1) is 11.6 Å². The third kappa shape index (κ3) is 2.10. The molecule has 1 rings (SSSR count). The molecule has 0 aliphatic heterocycles. The van der Waals surface area contributed by atoms with Gasteiger partial charge in [0.15, 0.2) is 0 Å². The van der Waals surface area contributed by atoms with Crippen molar-refractivity contribution in [2.75, 3.05) is 0 Å². The molecule has 0 fully saturated rings. The summed E-state index contributed by atoms with van der Waals surface area (Å²) >= 11 is 11.3. The fraction of sp³-hybridized carbons (Fsp3) is 0.143. The average molecular weight is 331 g/mol. The maximum absolute atomic E-state index is 5.68. The Morgan fingerprint density at radius 1 is 1.50 bits per heavy atom. The first-order chi connectivity index (χ1) is 4.74. The molecule has 0 aliphatic rings. The zero-order valence-electron chi connectivity index (χ0n) is 5.07. The number of rotatable bonds is 1. The molecule has 54 valence electrons. The highest BCUT2D eigenvalue weighted by molar-refractivity contribution is 14.1. The molecule has 1 aromatic rings. The van der Waals surface area contributed by atoms with E-state index in [-0.39, 0.29) is 0 Å². The van der Waals surface area contributed by atoms with Gasteiger partial charge >= 0.3 is 0 Å². The second-order valence-corrected chi connectivity index (χ2v) is 4.21. The second-order valence-electron chi connectivity index (χ2n) is 1.87. The van der Waals surface area contributed by atoms with Gasteiger partial charge in [0, 0.05) is 13.9 Å². The van der Waals surface area contributed by atoms with Crippen LogP contribution in [0, 0.1) is 3.57 Å². The maximum Gasteiger partial charge on any atom is 0.0484 e. The summed E-state index contributed by atoms with van der Waals surface area (Å²) in [5.74, 6) is 0.581. The van der Waals surface area contributed by atoms with Crippen LogP contribution in [0.1, 0.15) is 5.56 Å². The van der Waals surface area contributed by atoms with E-state index in [1.165, 1.54) is 9.13 Å². The first-order valence-electron chi connectivity index (χ1n) is 2.74. The van der Waals surface area contributed by atoms with Crippen LogP contribution in [0.3, 0.4) is 0 Å². The van der Waals surface area contributed by atoms with Crippen molar-refractivity contribution < 1.29 is 0 Å². The largest absolute Gasteiger partial charge is 0.122 e. The first kappa shape index (κ1) is 8.81. The lowest BCUT2D eigenvalue weighted by Crippen LogP contribution is -1.82. The summed E-state index contributed by atoms with van der Waals surface area (Å²) in [6.07, 6.45) is 0. The van der Waals surface area contributed by atoms with E-state index in [0.717, 1.165) is 4.47 Å². The van der Waals surface area contributed by atoms with E-state index < -0.39 is 0 Å². The standard InChI is InChI=1S/C7H5BrClI/c8-6-1-2-7(10)5(3-6)4-9/h1-3H,4H2. The molecule has 0 nitrogen and oxygen atoms in total. The van der Waals surface area contributed by atoms with Crippen molar-refractivity contribution in [3.8, 4) is 0 Å².